The third-order valence-corrected chi connectivity index (χ3v) is 4.00. The molecule has 4 nitrogen and oxygen atoms in total. The Labute approximate surface area is 122 Å². The molecule has 1 unspecified atom stereocenters. The monoisotopic (exact) mass is 299 g/mol. The van der Waals surface area contributed by atoms with Gasteiger partial charge in [-0.3, -0.25) is 4.90 Å². The highest BCUT2D eigenvalue weighted by Gasteiger charge is 2.50. The standard InChI is InChI=1S/C15H19F2NO3/c1-14(2,3)18(13(20)21)15(8-19)5-4-10-11(15)6-9(16)7-12(10)17/h6-7,19H,4-5,8H2,1-3H3,(H,20,21). The number of rotatable bonds is 2. The van der Waals surface area contributed by atoms with Gasteiger partial charge >= 0.3 is 6.09 Å². The summed E-state index contributed by atoms with van der Waals surface area (Å²) in [7, 11) is 0. The molecule has 0 heterocycles. The van der Waals surface area contributed by atoms with Crippen LogP contribution in [-0.2, 0) is 12.0 Å². The van der Waals surface area contributed by atoms with E-state index in [2.05, 4.69) is 0 Å². The lowest BCUT2D eigenvalue weighted by Gasteiger charge is -2.46. The van der Waals surface area contributed by atoms with Gasteiger partial charge in [0.05, 0.1) is 12.1 Å². The Kier molecular flexibility index (Phi) is 3.70. The van der Waals surface area contributed by atoms with Crippen LogP contribution in [0.3, 0.4) is 0 Å². The van der Waals surface area contributed by atoms with Crippen LogP contribution in [0.15, 0.2) is 12.1 Å². The minimum absolute atomic E-state index is 0.222. The number of nitrogens with zero attached hydrogens (tertiary/aromatic N) is 1. The molecular formula is C15H19F2NO3. The van der Waals surface area contributed by atoms with Crippen LogP contribution in [0.2, 0.25) is 0 Å². The first-order valence-electron chi connectivity index (χ1n) is 6.76. The van der Waals surface area contributed by atoms with Crippen molar-refractivity contribution in [2.24, 2.45) is 0 Å². The summed E-state index contributed by atoms with van der Waals surface area (Å²) in [4.78, 5) is 12.8. The van der Waals surface area contributed by atoms with Crippen LogP contribution in [0, 0.1) is 11.6 Å². The summed E-state index contributed by atoms with van der Waals surface area (Å²) >= 11 is 0. The van der Waals surface area contributed by atoms with E-state index < -0.39 is 35.4 Å². The Balaban J connectivity index is 2.69. The Hall–Kier alpha value is -1.69. The molecule has 0 spiro atoms. The van der Waals surface area contributed by atoms with Gasteiger partial charge in [-0.05, 0) is 50.8 Å². The summed E-state index contributed by atoms with van der Waals surface area (Å²) in [5.41, 5.74) is -1.64. The van der Waals surface area contributed by atoms with E-state index >= 15 is 0 Å². The zero-order valence-electron chi connectivity index (χ0n) is 12.3. The van der Waals surface area contributed by atoms with Gasteiger partial charge in [0.25, 0.3) is 0 Å². The molecule has 0 saturated carbocycles. The van der Waals surface area contributed by atoms with Crippen molar-refractivity contribution in [3.63, 3.8) is 0 Å². The summed E-state index contributed by atoms with van der Waals surface area (Å²) < 4.78 is 27.5. The fraction of sp³-hybridized carbons (Fsp3) is 0.533. The van der Waals surface area contributed by atoms with Gasteiger partial charge in [-0.15, -0.1) is 0 Å². The first-order valence-corrected chi connectivity index (χ1v) is 6.76. The molecule has 1 atom stereocenters. The molecule has 2 N–H and O–H groups in total. The van der Waals surface area contributed by atoms with E-state index in [1.54, 1.807) is 20.8 Å². The fourth-order valence-corrected chi connectivity index (χ4v) is 3.32. The number of hydrogen-bond donors (Lipinski definition) is 2. The van der Waals surface area contributed by atoms with E-state index in [9.17, 15) is 23.8 Å². The number of fused-ring (bicyclic) bond motifs is 1. The third-order valence-electron chi connectivity index (χ3n) is 4.00. The maximum absolute atomic E-state index is 13.9. The second kappa shape index (κ2) is 4.94. The van der Waals surface area contributed by atoms with Crippen molar-refractivity contribution in [2.75, 3.05) is 6.61 Å². The molecule has 0 aliphatic heterocycles. The lowest BCUT2D eigenvalue weighted by Crippen LogP contribution is -2.58. The highest BCUT2D eigenvalue weighted by atomic mass is 19.1. The van der Waals surface area contributed by atoms with Crippen LogP contribution in [0.25, 0.3) is 0 Å². The van der Waals surface area contributed by atoms with Gasteiger partial charge < -0.3 is 10.2 Å². The molecule has 1 aromatic carbocycles. The quantitative estimate of drug-likeness (QED) is 0.882. The van der Waals surface area contributed by atoms with E-state index in [-0.39, 0.29) is 24.0 Å². The summed E-state index contributed by atoms with van der Waals surface area (Å²) in [6, 6.07) is 1.91. The Morgan fingerprint density at radius 2 is 2.00 bits per heavy atom. The Morgan fingerprint density at radius 1 is 1.38 bits per heavy atom. The van der Waals surface area contributed by atoms with Crippen molar-refractivity contribution in [2.45, 2.75) is 44.7 Å². The minimum Gasteiger partial charge on any atom is -0.465 e. The van der Waals surface area contributed by atoms with Crippen LogP contribution >= 0.6 is 0 Å². The van der Waals surface area contributed by atoms with Crippen LogP contribution in [0.5, 0.6) is 0 Å². The first-order chi connectivity index (χ1) is 9.63. The van der Waals surface area contributed by atoms with Crippen LogP contribution in [0.1, 0.15) is 38.3 Å². The zero-order valence-corrected chi connectivity index (χ0v) is 12.3. The molecule has 1 aliphatic rings. The van der Waals surface area contributed by atoms with Gasteiger partial charge in [0, 0.05) is 11.6 Å². The molecule has 1 aromatic rings. The molecule has 1 amide bonds. The summed E-state index contributed by atoms with van der Waals surface area (Å²) in [6.45, 7) is 4.54. The van der Waals surface area contributed by atoms with Gasteiger partial charge in [0.15, 0.2) is 0 Å². The van der Waals surface area contributed by atoms with Crippen molar-refractivity contribution in [1.82, 2.24) is 4.90 Å². The highest BCUT2D eigenvalue weighted by molar-refractivity contribution is 5.68. The van der Waals surface area contributed by atoms with Crippen molar-refractivity contribution in [3.8, 4) is 0 Å². The normalized spacial score (nSPS) is 21.2. The zero-order chi connectivity index (χ0) is 16.0. The molecular weight excluding hydrogens is 280 g/mol. The summed E-state index contributed by atoms with van der Waals surface area (Å²) in [6.07, 6.45) is -0.737. The molecule has 0 saturated heterocycles. The molecule has 1 aliphatic carbocycles. The number of amides is 1. The number of aliphatic hydroxyl groups is 1. The lowest BCUT2D eigenvalue weighted by molar-refractivity contribution is -0.0190. The predicted octanol–water partition coefficient (Wildman–Crippen LogP) is 2.88. The van der Waals surface area contributed by atoms with Gasteiger partial charge in [-0.1, -0.05) is 0 Å². The van der Waals surface area contributed by atoms with Gasteiger partial charge in [0.2, 0.25) is 0 Å². The molecule has 0 fully saturated rings. The van der Waals surface area contributed by atoms with E-state index in [1.807, 2.05) is 0 Å². The second-order valence-electron chi connectivity index (χ2n) is 6.39. The van der Waals surface area contributed by atoms with Gasteiger partial charge in [-0.2, -0.15) is 0 Å². The predicted molar refractivity (Wildman–Crippen MR) is 73.1 cm³/mol. The van der Waals surface area contributed by atoms with Crippen molar-refractivity contribution in [3.05, 3.63) is 34.9 Å². The van der Waals surface area contributed by atoms with Crippen molar-refractivity contribution >= 4 is 6.09 Å². The molecule has 116 valence electrons. The number of carboxylic acid groups (broad SMARTS) is 1. The number of aliphatic hydroxyl groups excluding tert-OH is 1. The van der Waals surface area contributed by atoms with Crippen LogP contribution in [-0.4, -0.2) is 33.4 Å². The molecule has 6 heteroatoms. The second-order valence-corrected chi connectivity index (χ2v) is 6.39. The molecule has 21 heavy (non-hydrogen) atoms. The number of benzene rings is 1. The first kappa shape index (κ1) is 15.7. The van der Waals surface area contributed by atoms with Crippen molar-refractivity contribution in [1.29, 1.82) is 0 Å². The summed E-state index contributed by atoms with van der Waals surface area (Å²) in [5, 5.41) is 19.4. The maximum Gasteiger partial charge on any atom is 0.408 e. The van der Waals surface area contributed by atoms with Crippen LogP contribution < -0.4 is 0 Å². The average Bonchev–Trinajstić information content (AvgIpc) is 2.67. The van der Waals surface area contributed by atoms with E-state index in [0.29, 0.717) is 0 Å². The Morgan fingerprint density at radius 3 is 2.48 bits per heavy atom. The smallest absolute Gasteiger partial charge is 0.408 e. The SMILES string of the molecule is CC(C)(C)N(C(=O)O)C1(CO)CCc2c(F)cc(F)cc21. The van der Waals surface area contributed by atoms with Gasteiger partial charge in [-0.25, -0.2) is 13.6 Å². The molecule has 0 aromatic heterocycles. The van der Waals surface area contributed by atoms with E-state index in [4.69, 9.17) is 0 Å². The highest BCUT2D eigenvalue weighted by Crippen LogP contribution is 2.45. The number of hydrogen-bond acceptors (Lipinski definition) is 2. The van der Waals surface area contributed by atoms with Crippen molar-refractivity contribution < 1.29 is 23.8 Å². The number of carbonyl (C=O) groups is 1. The van der Waals surface area contributed by atoms with E-state index in [0.717, 1.165) is 17.0 Å². The molecule has 0 radical (unpaired) electrons. The maximum atomic E-state index is 13.9. The van der Waals surface area contributed by atoms with E-state index in [1.165, 1.54) is 0 Å². The molecule has 2 rings (SSSR count). The topological polar surface area (TPSA) is 60.8 Å². The fourth-order valence-electron chi connectivity index (χ4n) is 3.32. The number of halogens is 2. The third kappa shape index (κ3) is 2.37. The Bertz CT molecular complexity index is 583. The molecule has 0 bridgehead atoms. The average molecular weight is 299 g/mol. The lowest BCUT2D eigenvalue weighted by atomic mass is 9.86. The largest absolute Gasteiger partial charge is 0.465 e. The minimum atomic E-state index is -1.32. The van der Waals surface area contributed by atoms with Gasteiger partial charge in [0.1, 0.15) is 11.6 Å². The summed E-state index contributed by atoms with van der Waals surface area (Å²) in [5.74, 6) is -1.47. The van der Waals surface area contributed by atoms with Crippen LogP contribution in [0.4, 0.5) is 13.6 Å².